The predicted molar refractivity (Wildman–Crippen MR) is 128 cm³/mol. The number of fused-ring (bicyclic) bond motifs is 1. The first kappa shape index (κ1) is 22.0. The van der Waals surface area contributed by atoms with Gasteiger partial charge in [0.1, 0.15) is 11.6 Å². The van der Waals surface area contributed by atoms with Crippen LogP contribution in [0.25, 0.3) is 11.3 Å². The van der Waals surface area contributed by atoms with E-state index in [2.05, 4.69) is 38.6 Å². The van der Waals surface area contributed by atoms with Crippen LogP contribution in [0.1, 0.15) is 35.1 Å². The van der Waals surface area contributed by atoms with Crippen LogP contribution in [0.4, 0.5) is 10.2 Å². The maximum absolute atomic E-state index is 13.6. The average Bonchev–Trinajstić information content (AvgIpc) is 2.85. The topological polar surface area (TPSA) is 50.3 Å². The quantitative estimate of drug-likeness (QED) is 0.578. The summed E-state index contributed by atoms with van der Waals surface area (Å²) in [5, 5.41) is 12.1. The predicted octanol–water partition coefficient (Wildman–Crippen LogP) is 4.99. The molecular formula is C27H31FN4O. The summed E-state index contributed by atoms with van der Waals surface area (Å²) in [5.74, 6) is 1.23. The van der Waals surface area contributed by atoms with Crippen LogP contribution in [0, 0.1) is 18.7 Å². The van der Waals surface area contributed by atoms with Crippen molar-refractivity contribution in [2.45, 2.75) is 39.3 Å². The molecule has 172 valence electrons. The Bertz CT molecular complexity index is 1100. The van der Waals surface area contributed by atoms with Crippen LogP contribution in [0.2, 0.25) is 0 Å². The third-order valence-corrected chi connectivity index (χ3v) is 6.90. The molecule has 2 aromatic carbocycles. The number of rotatable bonds is 6. The van der Waals surface area contributed by atoms with Gasteiger partial charge in [0.25, 0.3) is 0 Å². The highest BCUT2D eigenvalue weighted by Crippen LogP contribution is 2.26. The van der Waals surface area contributed by atoms with Gasteiger partial charge in [-0.1, -0.05) is 24.3 Å². The number of benzene rings is 2. The highest BCUT2D eigenvalue weighted by molar-refractivity contribution is 5.63. The van der Waals surface area contributed by atoms with Crippen LogP contribution in [-0.4, -0.2) is 41.4 Å². The van der Waals surface area contributed by atoms with E-state index in [-0.39, 0.29) is 5.82 Å². The number of nitrogens with zero attached hydrogens (tertiary/aromatic N) is 3. The van der Waals surface area contributed by atoms with Crippen molar-refractivity contribution in [3.05, 3.63) is 76.6 Å². The van der Waals surface area contributed by atoms with E-state index >= 15 is 0 Å². The minimum absolute atomic E-state index is 0.264. The molecular weight excluding hydrogens is 415 g/mol. The number of aromatic nitrogens is 2. The van der Waals surface area contributed by atoms with Gasteiger partial charge in [-0.15, -0.1) is 10.2 Å². The highest BCUT2D eigenvalue weighted by Gasteiger charge is 2.22. The van der Waals surface area contributed by atoms with Crippen molar-refractivity contribution in [2.75, 3.05) is 31.6 Å². The number of anilines is 1. The van der Waals surface area contributed by atoms with Crippen molar-refractivity contribution in [1.29, 1.82) is 0 Å². The molecule has 0 atom stereocenters. The molecule has 1 fully saturated rings. The van der Waals surface area contributed by atoms with Crippen molar-refractivity contribution in [1.82, 2.24) is 15.1 Å². The molecule has 1 saturated heterocycles. The molecule has 2 aliphatic heterocycles. The van der Waals surface area contributed by atoms with Gasteiger partial charge in [0.2, 0.25) is 0 Å². The Labute approximate surface area is 195 Å². The Morgan fingerprint density at radius 2 is 1.97 bits per heavy atom. The first-order valence-electron chi connectivity index (χ1n) is 11.9. The van der Waals surface area contributed by atoms with Gasteiger partial charge >= 0.3 is 0 Å². The Balaban J connectivity index is 1.22. The second-order valence-corrected chi connectivity index (χ2v) is 9.21. The molecule has 3 aromatic rings. The van der Waals surface area contributed by atoms with Crippen LogP contribution in [-0.2, 0) is 24.2 Å². The lowest BCUT2D eigenvalue weighted by Crippen LogP contribution is -2.36. The third kappa shape index (κ3) is 5.23. The fourth-order valence-electron chi connectivity index (χ4n) is 4.99. The molecule has 6 heteroatoms. The number of ether oxygens (including phenoxy) is 1. The number of aryl methyl sites for hydroxylation is 1. The molecule has 5 nitrogen and oxygen atoms in total. The molecule has 33 heavy (non-hydrogen) atoms. The van der Waals surface area contributed by atoms with Gasteiger partial charge in [-0.2, -0.15) is 0 Å². The number of halogens is 1. The van der Waals surface area contributed by atoms with Crippen molar-refractivity contribution < 1.29 is 9.13 Å². The molecule has 0 saturated carbocycles. The lowest BCUT2D eigenvalue weighted by atomic mass is 9.92. The van der Waals surface area contributed by atoms with E-state index in [0.717, 1.165) is 62.1 Å². The number of nitrogens with one attached hydrogen (secondary N) is 1. The summed E-state index contributed by atoms with van der Waals surface area (Å²) >= 11 is 0. The summed E-state index contributed by atoms with van der Waals surface area (Å²) in [6.45, 7) is 7.82. The van der Waals surface area contributed by atoms with Crippen LogP contribution in [0.3, 0.4) is 0 Å². The van der Waals surface area contributed by atoms with Gasteiger partial charge in [-0.25, -0.2) is 4.39 Å². The minimum Gasteiger partial charge on any atom is -0.381 e. The third-order valence-electron chi connectivity index (χ3n) is 6.90. The molecule has 0 spiro atoms. The zero-order valence-electron chi connectivity index (χ0n) is 19.2. The summed E-state index contributed by atoms with van der Waals surface area (Å²) in [6.07, 6.45) is 3.46. The van der Waals surface area contributed by atoms with Crippen LogP contribution < -0.4 is 5.32 Å². The summed E-state index contributed by atoms with van der Waals surface area (Å²) in [4.78, 5) is 2.61. The Morgan fingerprint density at radius 3 is 2.79 bits per heavy atom. The van der Waals surface area contributed by atoms with Gasteiger partial charge in [-0.3, -0.25) is 4.90 Å². The Kier molecular flexibility index (Phi) is 6.65. The first-order valence-corrected chi connectivity index (χ1v) is 11.9. The van der Waals surface area contributed by atoms with E-state index in [4.69, 9.17) is 4.74 Å². The zero-order valence-corrected chi connectivity index (χ0v) is 19.2. The first-order chi connectivity index (χ1) is 16.2. The summed E-state index contributed by atoms with van der Waals surface area (Å²) in [7, 11) is 0. The molecule has 0 amide bonds. The molecule has 0 unspecified atom stereocenters. The number of hydrogen-bond donors (Lipinski definition) is 1. The van der Waals surface area contributed by atoms with Crippen LogP contribution in [0.5, 0.6) is 0 Å². The molecule has 2 aliphatic rings. The number of hydrogen-bond acceptors (Lipinski definition) is 5. The molecule has 0 aliphatic carbocycles. The summed E-state index contributed by atoms with van der Waals surface area (Å²) in [5.41, 5.74) is 6.66. The Hall–Kier alpha value is -2.83. The van der Waals surface area contributed by atoms with E-state index in [9.17, 15) is 4.39 Å². The minimum atomic E-state index is -0.264. The van der Waals surface area contributed by atoms with E-state index in [1.807, 2.05) is 19.1 Å². The molecule has 3 heterocycles. The molecule has 5 rings (SSSR count). The lowest BCUT2D eigenvalue weighted by molar-refractivity contribution is 0.0506. The Morgan fingerprint density at radius 1 is 1.09 bits per heavy atom. The standard InChI is InChI=1S/C27H31FN4O/c1-19-5-6-23(28)15-25(19)26-7-8-27(31-30-26)29-16-21-3-2-4-22-18-32(12-9-24(21)22)17-20-10-13-33-14-11-20/h2-8,15,20H,9-14,16-18H2,1H3,(H,29,31). The van der Waals surface area contributed by atoms with Crippen molar-refractivity contribution in [3.8, 4) is 11.3 Å². The molecule has 1 N–H and O–H groups in total. The van der Waals surface area contributed by atoms with Crippen molar-refractivity contribution in [3.63, 3.8) is 0 Å². The maximum Gasteiger partial charge on any atom is 0.148 e. The van der Waals surface area contributed by atoms with Gasteiger partial charge in [0, 0.05) is 45.0 Å². The van der Waals surface area contributed by atoms with E-state index in [1.54, 1.807) is 6.07 Å². The van der Waals surface area contributed by atoms with Crippen LogP contribution >= 0.6 is 0 Å². The van der Waals surface area contributed by atoms with E-state index in [1.165, 1.54) is 48.2 Å². The molecule has 1 aromatic heterocycles. The normalized spacial score (nSPS) is 17.0. The van der Waals surface area contributed by atoms with E-state index < -0.39 is 0 Å². The lowest BCUT2D eigenvalue weighted by Gasteiger charge is -2.34. The van der Waals surface area contributed by atoms with E-state index in [0.29, 0.717) is 5.69 Å². The SMILES string of the molecule is Cc1ccc(F)cc1-c1ccc(NCc2cccc3c2CCN(CC2CCOCC2)C3)nn1. The second kappa shape index (κ2) is 9.98. The second-order valence-electron chi connectivity index (χ2n) is 9.21. The smallest absolute Gasteiger partial charge is 0.148 e. The maximum atomic E-state index is 13.6. The van der Waals surface area contributed by atoms with Gasteiger partial charge in [0.05, 0.1) is 5.69 Å². The van der Waals surface area contributed by atoms with Gasteiger partial charge in [0.15, 0.2) is 0 Å². The molecule has 0 bridgehead atoms. The summed E-state index contributed by atoms with van der Waals surface area (Å²) < 4.78 is 19.1. The molecule has 0 radical (unpaired) electrons. The zero-order chi connectivity index (χ0) is 22.6. The summed E-state index contributed by atoms with van der Waals surface area (Å²) in [6, 6.07) is 15.2. The van der Waals surface area contributed by atoms with Gasteiger partial charge in [-0.05, 0) is 78.6 Å². The fraction of sp³-hybridized carbons (Fsp3) is 0.407. The largest absolute Gasteiger partial charge is 0.381 e. The van der Waals surface area contributed by atoms with Crippen molar-refractivity contribution in [2.24, 2.45) is 5.92 Å². The fourth-order valence-corrected chi connectivity index (χ4v) is 4.99. The highest BCUT2D eigenvalue weighted by atomic mass is 19.1. The van der Waals surface area contributed by atoms with Crippen LogP contribution in [0.15, 0.2) is 48.5 Å². The van der Waals surface area contributed by atoms with Crippen molar-refractivity contribution >= 4 is 5.82 Å². The monoisotopic (exact) mass is 446 g/mol. The van der Waals surface area contributed by atoms with Gasteiger partial charge < -0.3 is 10.1 Å². The average molecular weight is 447 g/mol.